The van der Waals surface area contributed by atoms with E-state index in [4.69, 9.17) is 0 Å². The number of carbonyl (C=O) groups is 2. The minimum absolute atomic E-state index is 0. The second kappa shape index (κ2) is 2.62. The third kappa shape index (κ3) is 1.06. The van der Waals surface area contributed by atoms with Crippen molar-refractivity contribution in [1.82, 2.24) is 0 Å². The van der Waals surface area contributed by atoms with Crippen molar-refractivity contribution in [3.05, 3.63) is 11.1 Å². The first-order chi connectivity index (χ1) is 4.13. The van der Waals surface area contributed by atoms with E-state index in [1.807, 2.05) is 0 Å². The van der Waals surface area contributed by atoms with Gasteiger partial charge in [0.05, 0.1) is 0 Å². The standard InChI is InChI=1S/C6H6O3.H2O/c1-3-4(2)6(8)9-5(3)7;/h1-2H3;1H2. The van der Waals surface area contributed by atoms with Crippen molar-refractivity contribution in [2.45, 2.75) is 13.8 Å². The Kier molecular flexibility index (Phi) is 2.31. The van der Waals surface area contributed by atoms with Gasteiger partial charge in [-0.15, -0.1) is 0 Å². The summed E-state index contributed by atoms with van der Waals surface area (Å²) in [6.45, 7) is 3.14. The summed E-state index contributed by atoms with van der Waals surface area (Å²) in [5, 5.41) is 0. The summed E-state index contributed by atoms with van der Waals surface area (Å²) in [5.41, 5.74) is 0.833. The molecule has 0 aromatic carbocycles. The number of hydrogen-bond acceptors (Lipinski definition) is 3. The van der Waals surface area contributed by atoms with Crippen molar-refractivity contribution in [2.24, 2.45) is 0 Å². The van der Waals surface area contributed by atoms with Gasteiger partial charge in [0.2, 0.25) is 0 Å². The Morgan fingerprint density at radius 2 is 1.30 bits per heavy atom. The molecule has 0 unspecified atom stereocenters. The summed E-state index contributed by atoms with van der Waals surface area (Å²) < 4.78 is 4.23. The van der Waals surface area contributed by atoms with E-state index in [9.17, 15) is 9.59 Å². The predicted octanol–water partition coefficient (Wildman–Crippen LogP) is -0.418. The Balaban J connectivity index is 0.000000810. The average Bonchev–Trinajstić information content (AvgIpc) is 1.98. The normalized spacial score (nSPS) is 17.0. The molecule has 0 amide bonds. The number of hydrogen-bond donors (Lipinski definition) is 0. The van der Waals surface area contributed by atoms with Crippen LogP contribution < -0.4 is 0 Å². The summed E-state index contributed by atoms with van der Waals surface area (Å²) in [5.74, 6) is -1.03. The lowest BCUT2D eigenvalue weighted by Crippen LogP contribution is -2.00. The Morgan fingerprint density at radius 1 is 1.00 bits per heavy atom. The lowest BCUT2D eigenvalue weighted by molar-refractivity contribution is -0.151. The molecule has 4 nitrogen and oxygen atoms in total. The third-order valence-electron chi connectivity index (χ3n) is 1.36. The number of carbonyl (C=O) groups excluding carboxylic acids is 2. The van der Waals surface area contributed by atoms with Crippen molar-refractivity contribution in [1.29, 1.82) is 0 Å². The molecular weight excluding hydrogens is 136 g/mol. The van der Waals surface area contributed by atoms with Crippen molar-refractivity contribution < 1.29 is 19.8 Å². The summed E-state index contributed by atoms with van der Waals surface area (Å²) in [4.78, 5) is 21.0. The molecule has 10 heavy (non-hydrogen) atoms. The van der Waals surface area contributed by atoms with Gasteiger partial charge in [0, 0.05) is 11.1 Å². The van der Waals surface area contributed by atoms with Gasteiger partial charge in [-0.05, 0) is 13.8 Å². The second-order valence-corrected chi connectivity index (χ2v) is 1.93. The van der Waals surface area contributed by atoms with Crippen LogP contribution in [0.5, 0.6) is 0 Å². The number of cyclic esters (lactones) is 2. The molecule has 0 saturated heterocycles. The first-order valence-corrected chi connectivity index (χ1v) is 2.57. The van der Waals surface area contributed by atoms with Crippen LogP contribution in [0, 0.1) is 0 Å². The zero-order chi connectivity index (χ0) is 7.02. The Bertz CT molecular complexity index is 192. The molecule has 0 aromatic rings. The molecule has 0 atom stereocenters. The van der Waals surface area contributed by atoms with Crippen LogP contribution in [0.3, 0.4) is 0 Å². The molecule has 56 valence electrons. The van der Waals surface area contributed by atoms with Gasteiger partial charge in [-0.25, -0.2) is 9.59 Å². The highest BCUT2D eigenvalue weighted by molar-refractivity contribution is 6.11. The fraction of sp³-hybridized carbons (Fsp3) is 0.333. The van der Waals surface area contributed by atoms with Crippen molar-refractivity contribution in [3.8, 4) is 0 Å². The smallest absolute Gasteiger partial charge is 0.342 e. The van der Waals surface area contributed by atoms with Gasteiger partial charge in [-0.3, -0.25) is 0 Å². The third-order valence-corrected chi connectivity index (χ3v) is 1.36. The summed E-state index contributed by atoms with van der Waals surface area (Å²) in [7, 11) is 0. The van der Waals surface area contributed by atoms with Gasteiger partial charge in [0.1, 0.15) is 0 Å². The van der Waals surface area contributed by atoms with Crippen LogP contribution in [0.15, 0.2) is 11.1 Å². The van der Waals surface area contributed by atoms with Gasteiger partial charge >= 0.3 is 11.9 Å². The van der Waals surface area contributed by atoms with Crippen LogP contribution in [0.25, 0.3) is 0 Å². The molecular formula is C6H8O4. The molecule has 0 fully saturated rings. The van der Waals surface area contributed by atoms with E-state index < -0.39 is 11.9 Å². The quantitative estimate of drug-likeness (QED) is 0.342. The lowest BCUT2D eigenvalue weighted by atomic mass is 10.2. The minimum atomic E-state index is -0.516. The molecule has 0 saturated carbocycles. The maximum absolute atomic E-state index is 10.5. The summed E-state index contributed by atoms with van der Waals surface area (Å²) >= 11 is 0. The Morgan fingerprint density at radius 3 is 1.40 bits per heavy atom. The fourth-order valence-electron chi connectivity index (χ4n) is 0.543. The van der Waals surface area contributed by atoms with Gasteiger partial charge in [0.25, 0.3) is 0 Å². The Hall–Kier alpha value is -1.16. The molecule has 2 N–H and O–H groups in total. The molecule has 4 heteroatoms. The number of ether oxygens (including phenoxy) is 1. The minimum Gasteiger partial charge on any atom is -0.412 e. The Labute approximate surface area is 57.8 Å². The molecule has 1 aliphatic heterocycles. The monoisotopic (exact) mass is 144 g/mol. The van der Waals surface area contributed by atoms with Gasteiger partial charge in [-0.2, -0.15) is 0 Å². The molecule has 0 spiro atoms. The summed E-state index contributed by atoms with van der Waals surface area (Å²) in [6.07, 6.45) is 0. The lowest BCUT2D eigenvalue weighted by Gasteiger charge is -1.84. The zero-order valence-electron chi connectivity index (χ0n) is 5.72. The molecule has 0 aliphatic carbocycles. The van der Waals surface area contributed by atoms with Crippen LogP contribution in [-0.2, 0) is 14.3 Å². The van der Waals surface area contributed by atoms with Crippen LogP contribution in [0.1, 0.15) is 13.8 Å². The maximum atomic E-state index is 10.5. The zero-order valence-corrected chi connectivity index (χ0v) is 5.72. The van der Waals surface area contributed by atoms with E-state index in [-0.39, 0.29) is 5.48 Å². The highest BCUT2D eigenvalue weighted by atomic mass is 16.6. The van der Waals surface area contributed by atoms with Gasteiger partial charge < -0.3 is 10.2 Å². The van der Waals surface area contributed by atoms with E-state index >= 15 is 0 Å². The van der Waals surface area contributed by atoms with E-state index in [0.717, 1.165) is 0 Å². The molecule has 0 radical (unpaired) electrons. The van der Waals surface area contributed by atoms with Crippen LogP contribution in [0.4, 0.5) is 0 Å². The van der Waals surface area contributed by atoms with E-state index in [1.165, 1.54) is 0 Å². The highest BCUT2D eigenvalue weighted by Crippen LogP contribution is 2.14. The van der Waals surface area contributed by atoms with Crippen LogP contribution >= 0.6 is 0 Å². The molecule has 1 heterocycles. The summed E-state index contributed by atoms with van der Waals surface area (Å²) in [6, 6.07) is 0. The van der Waals surface area contributed by atoms with E-state index in [2.05, 4.69) is 4.74 Å². The van der Waals surface area contributed by atoms with Crippen molar-refractivity contribution >= 4 is 11.9 Å². The molecule has 1 rings (SSSR count). The van der Waals surface area contributed by atoms with Gasteiger partial charge in [-0.1, -0.05) is 0 Å². The van der Waals surface area contributed by atoms with E-state index in [0.29, 0.717) is 11.1 Å². The average molecular weight is 144 g/mol. The predicted molar refractivity (Wildman–Crippen MR) is 33.1 cm³/mol. The van der Waals surface area contributed by atoms with Crippen LogP contribution in [0.2, 0.25) is 0 Å². The maximum Gasteiger partial charge on any atom is 0.342 e. The highest BCUT2D eigenvalue weighted by Gasteiger charge is 2.25. The topological polar surface area (TPSA) is 74.9 Å². The number of esters is 2. The van der Waals surface area contributed by atoms with E-state index in [1.54, 1.807) is 13.8 Å². The molecule has 0 bridgehead atoms. The van der Waals surface area contributed by atoms with Crippen molar-refractivity contribution in [2.75, 3.05) is 0 Å². The SMILES string of the molecule is CC1=C(C)C(=O)OC1=O.O. The largest absolute Gasteiger partial charge is 0.412 e. The first-order valence-electron chi connectivity index (χ1n) is 2.57. The second-order valence-electron chi connectivity index (χ2n) is 1.93. The number of rotatable bonds is 0. The van der Waals surface area contributed by atoms with Gasteiger partial charge in [0.15, 0.2) is 0 Å². The molecule has 0 aromatic heterocycles. The van der Waals surface area contributed by atoms with Crippen LogP contribution in [-0.4, -0.2) is 17.4 Å². The van der Waals surface area contributed by atoms with Crippen molar-refractivity contribution in [3.63, 3.8) is 0 Å². The molecule has 1 aliphatic rings. The first kappa shape index (κ1) is 8.84. The fourth-order valence-corrected chi connectivity index (χ4v) is 0.543.